The maximum Gasteiger partial charge on any atom is 0.191 e. The number of allylic oxidation sites excluding steroid dienone is 1. The van der Waals surface area contributed by atoms with E-state index in [0.717, 1.165) is 42.3 Å². The molecule has 1 unspecified atom stereocenters. The molecule has 1 aromatic heterocycles. The zero-order valence-electron chi connectivity index (χ0n) is 15.5. The molecule has 0 N–H and O–H groups in total. The number of nitrogens with zero attached hydrogens (tertiary/aromatic N) is 4. The SMILES string of the molecule is C=CCn1c(CN(C)CC2CCCCC2)nnc1SCC1CCCO1. The van der Waals surface area contributed by atoms with Crippen molar-refractivity contribution in [1.29, 1.82) is 0 Å². The summed E-state index contributed by atoms with van der Waals surface area (Å²) in [6, 6.07) is 0. The van der Waals surface area contributed by atoms with Crippen LogP contribution in [-0.2, 0) is 17.8 Å². The highest BCUT2D eigenvalue weighted by atomic mass is 32.2. The zero-order chi connectivity index (χ0) is 17.5. The van der Waals surface area contributed by atoms with Crippen LogP contribution in [-0.4, -0.2) is 51.7 Å². The summed E-state index contributed by atoms with van der Waals surface area (Å²) in [5, 5.41) is 9.91. The average molecular weight is 365 g/mol. The summed E-state index contributed by atoms with van der Waals surface area (Å²) in [6.45, 7) is 7.60. The molecule has 1 aromatic rings. The van der Waals surface area contributed by atoms with Crippen molar-refractivity contribution in [3.63, 3.8) is 0 Å². The van der Waals surface area contributed by atoms with Crippen LogP contribution in [0.2, 0.25) is 0 Å². The summed E-state index contributed by atoms with van der Waals surface area (Å²) >= 11 is 1.77. The number of rotatable bonds is 9. The van der Waals surface area contributed by atoms with E-state index in [1.807, 2.05) is 6.08 Å². The summed E-state index contributed by atoms with van der Waals surface area (Å²) in [5.41, 5.74) is 0. The molecule has 3 rings (SSSR count). The number of thioether (sulfide) groups is 1. The second-order valence-electron chi connectivity index (χ2n) is 7.44. The van der Waals surface area contributed by atoms with Gasteiger partial charge in [-0.3, -0.25) is 4.90 Å². The molecule has 6 heteroatoms. The third kappa shape index (κ3) is 5.56. The Bertz CT molecular complexity index is 536. The Morgan fingerprint density at radius 1 is 1.24 bits per heavy atom. The first-order valence-corrected chi connectivity index (χ1v) is 10.7. The van der Waals surface area contributed by atoms with Gasteiger partial charge in [-0.2, -0.15) is 0 Å². The Kier molecular flexibility index (Phi) is 7.37. The lowest BCUT2D eigenvalue weighted by Crippen LogP contribution is -2.28. The highest BCUT2D eigenvalue weighted by Crippen LogP contribution is 2.26. The predicted octanol–water partition coefficient (Wildman–Crippen LogP) is 3.75. The van der Waals surface area contributed by atoms with E-state index in [1.165, 1.54) is 51.5 Å². The summed E-state index contributed by atoms with van der Waals surface area (Å²) in [4.78, 5) is 2.41. The lowest BCUT2D eigenvalue weighted by atomic mass is 9.89. The van der Waals surface area contributed by atoms with Crippen LogP contribution in [0, 0.1) is 5.92 Å². The van der Waals surface area contributed by atoms with E-state index in [0.29, 0.717) is 6.10 Å². The molecule has 2 aliphatic rings. The van der Waals surface area contributed by atoms with Crippen molar-refractivity contribution in [1.82, 2.24) is 19.7 Å². The van der Waals surface area contributed by atoms with Crippen molar-refractivity contribution >= 4 is 11.8 Å². The lowest BCUT2D eigenvalue weighted by molar-refractivity contribution is 0.129. The number of aromatic nitrogens is 3. The van der Waals surface area contributed by atoms with Crippen LogP contribution in [0.4, 0.5) is 0 Å². The van der Waals surface area contributed by atoms with E-state index in [-0.39, 0.29) is 0 Å². The second kappa shape index (κ2) is 9.74. The van der Waals surface area contributed by atoms with Gasteiger partial charge in [-0.15, -0.1) is 16.8 Å². The lowest BCUT2D eigenvalue weighted by Gasteiger charge is -2.26. The van der Waals surface area contributed by atoms with Gasteiger partial charge < -0.3 is 9.30 Å². The number of hydrogen-bond donors (Lipinski definition) is 0. The molecule has 1 saturated heterocycles. The van der Waals surface area contributed by atoms with Gasteiger partial charge in [-0.25, -0.2) is 0 Å². The molecule has 0 radical (unpaired) electrons. The molecule has 0 spiro atoms. The minimum absolute atomic E-state index is 0.372. The first kappa shape index (κ1) is 18.9. The quantitative estimate of drug-likeness (QED) is 0.493. The van der Waals surface area contributed by atoms with Crippen LogP contribution in [0.25, 0.3) is 0 Å². The molecule has 1 aliphatic heterocycles. The standard InChI is InChI=1S/C19H32N4OS/c1-3-11-23-18(14-22(2)13-16-8-5-4-6-9-16)20-21-19(23)25-15-17-10-7-12-24-17/h3,16-17H,1,4-15H2,2H3. The summed E-state index contributed by atoms with van der Waals surface area (Å²) in [7, 11) is 2.21. The van der Waals surface area contributed by atoms with Gasteiger partial charge in [0.15, 0.2) is 5.16 Å². The summed E-state index contributed by atoms with van der Waals surface area (Å²) in [6.07, 6.45) is 11.6. The van der Waals surface area contributed by atoms with Crippen LogP contribution in [0.15, 0.2) is 17.8 Å². The van der Waals surface area contributed by atoms with Crippen molar-refractivity contribution in [3.8, 4) is 0 Å². The molecule has 1 saturated carbocycles. The molecule has 0 aromatic carbocycles. The Labute approximate surface area is 156 Å². The fraction of sp³-hybridized carbons (Fsp3) is 0.789. The van der Waals surface area contributed by atoms with Crippen molar-refractivity contribution in [2.45, 2.75) is 69.3 Å². The smallest absolute Gasteiger partial charge is 0.191 e. The molecule has 1 aliphatic carbocycles. The molecule has 140 valence electrons. The van der Waals surface area contributed by atoms with E-state index >= 15 is 0 Å². The van der Waals surface area contributed by atoms with Crippen LogP contribution >= 0.6 is 11.8 Å². The van der Waals surface area contributed by atoms with Crippen LogP contribution in [0.3, 0.4) is 0 Å². The maximum atomic E-state index is 5.72. The molecular formula is C19H32N4OS. The monoisotopic (exact) mass is 364 g/mol. The minimum Gasteiger partial charge on any atom is -0.377 e. The Morgan fingerprint density at radius 2 is 2.08 bits per heavy atom. The van der Waals surface area contributed by atoms with E-state index in [9.17, 15) is 0 Å². The minimum atomic E-state index is 0.372. The van der Waals surface area contributed by atoms with Crippen LogP contribution < -0.4 is 0 Å². The molecule has 2 fully saturated rings. The predicted molar refractivity (Wildman–Crippen MR) is 103 cm³/mol. The van der Waals surface area contributed by atoms with Crippen LogP contribution in [0.5, 0.6) is 0 Å². The van der Waals surface area contributed by atoms with Gasteiger partial charge in [0.1, 0.15) is 5.82 Å². The molecule has 5 nitrogen and oxygen atoms in total. The van der Waals surface area contributed by atoms with Crippen molar-refractivity contribution in [2.24, 2.45) is 5.92 Å². The van der Waals surface area contributed by atoms with Crippen molar-refractivity contribution in [3.05, 3.63) is 18.5 Å². The second-order valence-corrected chi connectivity index (χ2v) is 8.43. The number of hydrogen-bond acceptors (Lipinski definition) is 5. The third-order valence-corrected chi connectivity index (χ3v) is 6.33. The Morgan fingerprint density at radius 3 is 2.80 bits per heavy atom. The fourth-order valence-corrected chi connectivity index (χ4v) is 4.95. The molecular weight excluding hydrogens is 332 g/mol. The normalized spacial score (nSPS) is 21.9. The highest BCUT2D eigenvalue weighted by molar-refractivity contribution is 7.99. The topological polar surface area (TPSA) is 43.2 Å². The number of ether oxygens (including phenoxy) is 1. The van der Waals surface area contributed by atoms with Crippen molar-refractivity contribution < 1.29 is 4.74 Å². The zero-order valence-corrected chi connectivity index (χ0v) is 16.3. The highest BCUT2D eigenvalue weighted by Gasteiger charge is 2.20. The Hall–Kier alpha value is -0.850. The average Bonchev–Trinajstić information content (AvgIpc) is 3.25. The van der Waals surface area contributed by atoms with E-state index in [2.05, 4.69) is 33.3 Å². The summed E-state index contributed by atoms with van der Waals surface area (Å²) < 4.78 is 7.94. The molecule has 0 amide bonds. The van der Waals surface area contributed by atoms with Gasteiger partial charge in [0.2, 0.25) is 0 Å². The molecule has 1 atom stereocenters. The summed E-state index contributed by atoms with van der Waals surface area (Å²) in [5.74, 6) is 2.86. The molecule has 25 heavy (non-hydrogen) atoms. The molecule has 2 heterocycles. The van der Waals surface area contributed by atoms with E-state index in [4.69, 9.17) is 4.74 Å². The largest absolute Gasteiger partial charge is 0.377 e. The van der Waals surface area contributed by atoms with Gasteiger partial charge in [0.25, 0.3) is 0 Å². The third-order valence-electron chi connectivity index (χ3n) is 5.23. The fourth-order valence-electron chi connectivity index (χ4n) is 3.91. The first-order chi connectivity index (χ1) is 12.3. The van der Waals surface area contributed by atoms with E-state index < -0.39 is 0 Å². The maximum absolute atomic E-state index is 5.72. The van der Waals surface area contributed by atoms with Crippen molar-refractivity contribution in [2.75, 3.05) is 26.0 Å². The van der Waals surface area contributed by atoms with Gasteiger partial charge in [-0.1, -0.05) is 37.1 Å². The van der Waals surface area contributed by atoms with Crippen LogP contribution in [0.1, 0.15) is 50.8 Å². The van der Waals surface area contributed by atoms with Gasteiger partial charge in [-0.05, 0) is 38.6 Å². The van der Waals surface area contributed by atoms with Gasteiger partial charge in [0.05, 0.1) is 12.6 Å². The van der Waals surface area contributed by atoms with Gasteiger partial charge >= 0.3 is 0 Å². The molecule has 0 bridgehead atoms. The van der Waals surface area contributed by atoms with Gasteiger partial charge in [0, 0.05) is 25.4 Å². The Balaban J connectivity index is 1.56. The first-order valence-electron chi connectivity index (χ1n) is 9.72. The van der Waals surface area contributed by atoms with E-state index in [1.54, 1.807) is 11.8 Å².